The van der Waals surface area contributed by atoms with Crippen LogP contribution in [0.5, 0.6) is 0 Å². The van der Waals surface area contributed by atoms with Crippen LogP contribution in [0.4, 0.5) is 0 Å². The summed E-state index contributed by atoms with van der Waals surface area (Å²) in [6.45, 7) is 5.44. The second-order valence-electron chi connectivity index (χ2n) is 2.95. The number of rotatable bonds is 7. The Morgan fingerprint density at radius 1 is 1.40 bits per heavy atom. The van der Waals surface area contributed by atoms with Crippen molar-refractivity contribution in [3.8, 4) is 0 Å². The lowest BCUT2D eigenvalue weighted by Crippen LogP contribution is -2.33. The third-order valence-electron chi connectivity index (χ3n) is 1.73. The molecule has 0 aromatic heterocycles. The number of hydrogen-bond acceptors (Lipinski definition) is 4. The van der Waals surface area contributed by atoms with Gasteiger partial charge in [-0.1, -0.05) is 13.0 Å². The maximum absolute atomic E-state index is 10.9. The predicted octanol–water partition coefficient (Wildman–Crippen LogP) is -0.0871. The number of carbonyl (C=O) groups excluding carboxylic acids is 2. The molecule has 86 valence electrons. The summed E-state index contributed by atoms with van der Waals surface area (Å²) in [5.41, 5.74) is 5.05. The molecule has 0 radical (unpaired) electrons. The highest BCUT2D eigenvalue weighted by Gasteiger charge is 2.03. The number of nitrogens with two attached hydrogens (primary N) is 1. The number of esters is 1. The van der Waals surface area contributed by atoms with Crippen LogP contribution in [-0.2, 0) is 14.3 Å². The van der Waals surface area contributed by atoms with Crippen LogP contribution < -0.4 is 5.73 Å². The molecule has 0 fully saturated rings. The van der Waals surface area contributed by atoms with Crippen LogP contribution in [0, 0.1) is 0 Å². The largest absolute Gasteiger partial charge is 0.463 e. The molecule has 0 heterocycles. The average molecular weight is 214 g/mol. The van der Waals surface area contributed by atoms with E-state index >= 15 is 0 Å². The Morgan fingerprint density at radius 3 is 2.53 bits per heavy atom. The molecule has 5 nitrogen and oxygen atoms in total. The predicted molar refractivity (Wildman–Crippen MR) is 57.1 cm³/mol. The van der Waals surface area contributed by atoms with Gasteiger partial charge in [-0.15, -0.1) is 0 Å². The molecule has 0 aliphatic rings. The molecule has 1 amide bonds. The summed E-state index contributed by atoms with van der Waals surface area (Å²) >= 11 is 0. The van der Waals surface area contributed by atoms with E-state index in [1.54, 1.807) is 13.0 Å². The quantitative estimate of drug-likeness (QED) is 0.475. The topological polar surface area (TPSA) is 72.6 Å². The lowest BCUT2D eigenvalue weighted by Gasteiger charge is -2.15. The highest BCUT2D eigenvalue weighted by Crippen LogP contribution is 1.89. The van der Waals surface area contributed by atoms with E-state index in [4.69, 9.17) is 10.5 Å². The number of likely N-dealkylation sites (N-methyl/N-ethyl adjacent to an activating group) is 1. The van der Waals surface area contributed by atoms with Gasteiger partial charge in [0.2, 0.25) is 5.91 Å². The van der Waals surface area contributed by atoms with Crippen LogP contribution in [0.3, 0.4) is 0 Å². The SMILES string of the molecule is CCOC(=O)/C=C/CN(CC)CC(N)=O. The van der Waals surface area contributed by atoms with Crippen molar-refractivity contribution in [2.24, 2.45) is 5.73 Å². The number of amides is 1. The first kappa shape index (κ1) is 13.6. The van der Waals surface area contributed by atoms with Crippen LogP contribution in [0.2, 0.25) is 0 Å². The van der Waals surface area contributed by atoms with E-state index in [1.807, 2.05) is 11.8 Å². The minimum absolute atomic E-state index is 0.198. The molecule has 0 saturated heterocycles. The normalized spacial score (nSPS) is 10.9. The summed E-state index contributed by atoms with van der Waals surface area (Å²) in [5, 5.41) is 0. The number of carbonyl (C=O) groups is 2. The van der Waals surface area contributed by atoms with Crippen LogP contribution in [0.15, 0.2) is 12.2 Å². The summed E-state index contributed by atoms with van der Waals surface area (Å²) in [5.74, 6) is -0.742. The van der Waals surface area contributed by atoms with Crippen molar-refractivity contribution >= 4 is 11.9 Å². The van der Waals surface area contributed by atoms with E-state index in [-0.39, 0.29) is 18.4 Å². The van der Waals surface area contributed by atoms with Crippen molar-refractivity contribution in [2.75, 3.05) is 26.2 Å². The number of hydrogen-bond donors (Lipinski definition) is 1. The second kappa shape index (κ2) is 7.99. The minimum Gasteiger partial charge on any atom is -0.463 e. The van der Waals surface area contributed by atoms with Crippen molar-refractivity contribution in [1.82, 2.24) is 4.90 Å². The molecule has 0 aromatic carbocycles. The van der Waals surface area contributed by atoms with Crippen molar-refractivity contribution in [1.29, 1.82) is 0 Å². The van der Waals surface area contributed by atoms with Crippen molar-refractivity contribution in [3.63, 3.8) is 0 Å². The van der Waals surface area contributed by atoms with Gasteiger partial charge in [0.15, 0.2) is 0 Å². The summed E-state index contributed by atoms with van der Waals surface area (Å²) < 4.78 is 4.70. The highest BCUT2D eigenvalue weighted by molar-refractivity contribution is 5.81. The maximum Gasteiger partial charge on any atom is 0.330 e. The first-order valence-corrected chi connectivity index (χ1v) is 4.94. The number of nitrogens with zero attached hydrogens (tertiary/aromatic N) is 1. The Morgan fingerprint density at radius 2 is 2.07 bits per heavy atom. The standard InChI is InChI=1S/C10H18N2O3/c1-3-12(8-9(11)13)7-5-6-10(14)15-4-2/h5-6H,3-4,7-8H2,1-2H3,(H2,11,13)/b6-5+. The zero-order chi connectivity index (χ0) is 11.7. The third kappa shape index (κ3) is 7.69. The molecule has 15 heavy (non-hydrogen) atoms. The molecule has 5 heteroatoms. The molecule has 0 rings (SSSR count). The fourth-order valence-corrected chi connectivity index (χ4v) is 1.01. The van der Waals surface area contributed by atoms with Gasteiger partial charge < -0.3 is 10.5 Å². The van der Waals surface area contributed by atoms with E-state index < -0.39 is 0 Å². The molecular formula is C10H18N2O3. The smallest absolute Gasteiger partial charge is 0.330 e. The molecule has 0 atom stereocenters. The Balaban J connectivity index is 3.88. The molecule has 0 aliphatic carbocycles. The van der Waals surface area contributed by atoms with Crippen molar-refractivity contribution in [3.05, 3.63) is 12.2 Å². The Bertz CT molecular complexity index is 239. The van der Waals surface area contributed by atoms with E-state index in [0.29, 0.717) is 19.7 Å². The summed E-state index contributed by atoms with van der Waals surface area (Å²) in [7, 11) is 0. The lowest BCUT2D eigenvalue weighted by molar-refractivity contribution is -0.137. The first-order valence-electron chi connectivity index (χ1n) is 4.94. The monoisotopic (exact) mass is 214 g/mol. The van der Waals surface area contributed by atoms with Gasteiger partial charge in [-0.2, -0.15) is 0 Å². The van der Waals surface area contributed by atoms with Gasteiger partial charge in [-0.05, 0) is 13.5 Å². The second-order valence-corrected chi connectivity index (χ2v) is 2.95. The zero-order valence-corrected chi connectivity index (χ0v) is 9.23. The maximum atomic E-state index is 10.9. The first-order chi connectivity index (χ1) is 7.10. The number of primary amides is 1. The van der Waals surface area contributed by atoms with E-state index in [0.717, 1.165) is 0 Å². The Kier molecular flexibility index (Phi) is 7.27. The van der Waals surface area contributed by atoms with Crippen LogP contribution in [-0.4, -0.2) is 43.0 Å². The minimum atomic E-state index is -0.374. The summed E-state index contributed by atoms with van der Waals surface area (Å²) in [4.78, 5) is 23.4. The molecule has 0 aliphatic heterocycles. The van der Waals surface area contributed by atoms with Gasteiger partial charge >= 0.3 is 5.97 Å². The van der Waals surface area contributed by atoms with Crippen LogP contribution >= 0.6 is 0 Å². The van der Waals surface area contributed by atoms with Gasteiger partial charge in [0, 0.05) is 12.6 Å². The van der Waals surface area contributed by atoms with Gasteiger partial charge in [-0.25, -0.2) is 4.79 Å². The summed E-state index contributed by atoms with van der Waals surface area (Å²) in [6, 6.07) is 0. The highest BCUT2D eigenvalue weighted by atomic mass is 16.5. The molecule has 0 saturated carbocycles. The van der Waals surface area contributed by atoms with Gasteiger partial charge in [-0.3, -0.25) is 9.69 Å². The zero-order valence-electron chi connectivity index (χ0n) is 9.23. The molecular weight excluding hydrogens is 196 g/mol. The average Bonchev–Trinajstić information content (AvgIpc) is 2.16. The molecule has 2 N–H and O–H groups in total. The van der Waals surface area contributed by atoms with Crippen molar-refractivity contribution < 1.29 is 14.3 Å². The summed E-state index contributed by atoms with van der Waals surface area (Å²) in [6.07, 6.45) is 3.01. The fraction of sp³-hybridized carbons (Fsp3) is 0.600. The van der Waals surface area contributed by atoms with E-state index in [1.165, 1.54) is 6.08 Å². The molecule has 0 spiro atoms. The third-order valence-corrected chi connectivity index (χ3v) is 1.73. The van der Waals surface area contributed by atoms with Crippen molar-refractivity contribution in [2.45, 2.75) is 13.8 Å². The fourth-order valence-electron chi connectivity index (χ4n) is 1.01. The number of ether oxygens (including phenoxy) is 1. The lowest BCUT2D eigenvalue weighted by atomic mass is 10.4. The van der Waals surface area contributed by atoms with E-state index in [2.05, 4.69) is 0 Å². The van der Waals surface area contributed by atoms with Gasteiger partial charge in [0.05, 0.1) is 13.2 Å². The molecule has 0 aromatic rings. The van der Waals surface area contributed by atoms with Crippen LogP contribution in [0.25, 0.3) is 0 Å². The van der Waals surface area contributed by atoms with Gasteiger partial charge in [0.25, 0.3) is 0 Å². The van der Waals surface area contributed by atoms with Gasteiger partial charge in [0.1, 0.15) is 0 Å². The Labute approximate surface area is 89.9 Å². The van der Waals surface area contributed by atoms with Crippen LogP contribution in [0.1, 0.15) is 13.8 Å². The Hall–Kier alpha value is -1.36. The van der Waals surface area contributed by atoms with E-state index in [9.17, 15) is 9.59 Å². The molecule has 0 unspecified atom stereocenters. The molecule has 0 bridgehead atoms.